The van der Waals surface area contributed by atoms with E-state index in [4.69, 9.17) is 10.00 Å². The number of aromatic hydroxyl groups is 1. The standard InChI is InChI=1S/C17H19NO2/c18-9-14-8-15(1-2-16(14)19)20-17-12-4-10-3-11(6-12)7-13(17)5-10/h1-2,8,10-13,17,19H,3-7H2. The molecule has 4 saturated carbocycles. The fourth-order valence-electron chi connectivity index (χ4n) is 4.90. The number of hydrogen-bond acceptors (Lipinski definition) is 3. The van der Waals surface area contributed by atoms with Gasteiger partial charge in [-0.15, -0.1) is 0 Å². The topological polar surface area (TPSA) is 53.2 Å². The number of hydrogen-bond donors (Lipinski definition) is 1. The molecule has 4 bridgehead atoms. The minimum absolute atomic E-state index is 0.0323. The smallest absolute Gasteiger partial charge is 0.133 e. The molecule has 20 heavy (non-hydrogen) atoms. The summed E-state index contributed by atoms with van der Waals surface area (Å²) in [6.07, 6.45) is 7.04. The molecule has 3 heteroatoms. The summed E-state index contributed by atoms with van der Waals surface area (Å²) >= 11 is 0. The van der Waals surface area contributed by atoms with E-state index in [1.54, 1.807) is 18.2 Å². The maximum absolute atomic E-state index is 9.56. The van der Waals surface area contributed by atoms with E-state index in [9.17, 15) is 5.11 Å². The number of nitrogens with zero attached hydrogens (tertiary/aromatic N) is 1. The fourth-order valence-corrected chi connectivity index (χ4v) is 4.90. The molecule has 1 aromatic carbocycles. The van der Waals surface area contributed by atoms with E-state index in [2.05, 4.69) is 0 Å². The molecule has 4 fully saturated rings. The van der Waals surface area contributed by atoms with Gasteiger partial charge in [0.2, 0.25) is 0 Å². The maximum Gasteiger partial charge on any atom is 0.133 e. The third kappa shape index (κ3) is 1.86. The second-order valence-corrected chi connectivity index (χ2v) is 6.80. The summed E-state index contributed by atoms with van der Waals surface area (Å²) in [7, 11) is 0. The molecule has 0 saturated heterocycles. The summed E-state index contributed by atoms with van der Waals surface area (Å²) in [6, 6.07) is 7.01. The van der Waals surface area contributed by atoms with E-state index in [1.165, 1.54) is 32.1 Å². The lowest BCUT2D eigenvalue weighted by molar-refractivity contribution is -0.0789. The highest BCUT2D eigenvalue weighted by molar-refractivity contribution is 5.46. The van der Waals surface area contributed by atoms with E-state index in [-0.39, 0.29) is 5.75 Å². The lowest BCUT2D eigenvalue weighted by atomic mass is 9.55. The predicted molar refractivity (Wildman–Crippen MR) is 74.3 cm³/mol. The summed E-state index contributed by atoms with van der Waals surface area (Å²) in [5, 5.41) is 18.5. The van der Waals surface area contributed by atoms with Gasteiger partial charge in [0, 0.05) is 6.07 Å². The lowest BCUT2D eigenvalue weighted by Crippen LogP contribution is -2.50. The Morgan fingerprint density at radius 1 is 1.05 bits per heavy atom. The SMILES string of the molecule is N#Cc1cc(OC2C3CC4CC(C3)CC2C4)ccc1O. The van der Waals surface area contributed by atoms with Crippen LogP contribution >= 0.6 is 0 Å². The summed E-state index contributed by atoms with van der Waals surface area (Å²) < 4.78 is 6.23. The van der Waals surface area contributed by atoms with Crippen LogP contribution < -0.4 is 4.74 Å². The van der Waals surface area contributed by atoms with Gasteiger partial charge >= 0.3 is 0 Å². The quantitative estimate of drug-likeness (QED) is 0.894. The normalized spacial score (nSPS) is 37.6. The van der Waals surface area contributed by atoms with Crippen molar-refractivity contribution in [2.24, 2.45) is 23.7 Å². The average molecular weight is 269 g/mol. The van der Waals surface area contributed by atoms with Crippen LogP contribution in [-0.4, -0.2) is 11.2 Å². The summed E-state index contributed by atoms with van der Waals surface area (Å²) in [5.41, 5.74) is 0.298. The molecule has 5 rings (SSSR count). The molecule has 0 spiro atoms. The number of nitriles is 1. The van der Waals surface area contributed by atoms with Crippen LogP contribution in [0.2, 0.25) is 0 Å². The highest BCUT2D eigenvalue weighted by atomic mass is 16.5. The van der Waals surface area contributed by atoms with Gasteiger partial charge in [0.1, 0.15) is 23.7 Å². The Labute approximate surface area is 119 Å². The zero-order chi connectivity index (χ0) is 13.7. The van der Waals surface area contributed by atoms with E-state index in [1.807, 2.05) is 6.07 Å². The third-order valence-corrected chi connectivity index (χ3v) is 5.50. The molecule has 0 aromatic heterocycles. The van der Waals surface area contributed by atoms with Crippen LogP contribution in [0.4, 0.5) is 0 Å². The Hall–Kier alpha value is -1.69. The van der Waals surface area contributed by atoms with Crippen LogP contribution in [0.1, 0.15) is 37.7 Å². The molecule has 4 aliphatic rings. The third-order valence-electron chi connectivity index (χ3n) is 5.50. The summed E-state index contributed by atoms with van der Waals surface area (Å²) in [6.45, 7) is 0. The molecule has 0 unspecified atom stereocenters. The van der Waals surface area contributed by atoms with Gasteiger partial charge in [-0.3, -0.25) is 0 Å². The summed E-state index contributed by atoms with van der Waals surface area (Å²) in [5.74, 6) is 4.04. The van der Waals surface area contributed by atoms with Gasteiger partial charge in [-0.25, -0.2) is 0 Å². The second-order valence-electron chi connectivity index (χ2n) is 6.80. The predicted octanol–water partition coefficient (Wildman–Crippen LogP) is 3.47. The Morgan fingerprint density at radius 2 is 1.70 bits per heavy atom. The fraction of sp³-hybridized carbons (Fsp3) is 0.588. The molecule has 0 atom stereocenters. The van der Waals surface area contributed by atoms with Crippen molar-refractivity contribution in [2.75, 3.05) is 0 Å². The van der Waals surface area contributed by atoms with Crippen LogP contribution in [-0.2, 0) is 0 Å². The first kappa shape index (κ1) is 12.1. The van der Waals surface area contributed by atoms with E-state index < -0.39 is 0 Å². The lowest BCUT2D eigenvalue weighted by Gasteiger charge is -2.53. The van der Waals surface area contributed by atoms with Crippen molar-refractivity contribution in [1.29, 1.82) is 5.26 Å². The molecule has 3 nitrogen and oxygen atoms in total. The summed E-state index contributed by atoms with van der Waals surface area (Å²) in [4.78, 5) is 0. The Kier molecular flexibility index (Phi) is 2.66. The molecule has 0 amide bonds. The van der Waals surface area contributed by atoms with Crippen molar-refractivity contribution < 1.29 is 9.84 Å². The maximum atomic E-state index is 9.56. The van der Waals surface area contributed by atoms with Crippen molar-refractivity contribution in [3.8, 4) is 17.6 Å². The van der Waals surface area contributed by atoms with Crippen LogP contribution in [0.25, 0.3) is 0 Å². The van der Waals surface area contributed by atoms with Crippen molar-refractivity contribution >= 4 is 0 Å². The Morgan fingerprint density at radius 3 is 2.30 bits per heavy atom. The number of phenols is 1. The number of phenolic OH excluding ortho intramolecular Hbond substituents is 1. The van der Waals surface area contributed by atoms with Gasteiger partial charge in [0.25, 0.3) is 0 Å². The minimum atomic E-state index is 0.0323. The monoisotopic (exact) mass is 269 g/mol. The van der Waals surface area contributed by atoms with Crippen LogP contribution in [0, 0.1) is 35.0 Å². The first-order valence-electron chi connectivity index (χ1n) is 7.62. The zero-order valence-corrected chi connectivity index (χ0v) is 11.5. The van der Waals surface area contributed by atoms with Crippen LogP contribution in [0.5, 0.6) is 11.5 Å². The molecule has 0 heterocycles. The van der Waals surface area contributed by atoms with Crippen LogP contribution in [0.15, 0.2) is 18.2 Å². The number of benzene rings is 1. The van der Waals surface area contributed by atoms with Gasteiger partial charge in [0.05, 0.1) is 5.56 Å². The minimum Gasteiger partial charge on any atom is -0.507 e. The molecule has 1 N–H and O–H groups in total. The zero-order valence-electron chi connectivity index (χ0n) is 11.5. The van der Waals surface area contributed by atoms with E-state index in [0.717, 1.165) is 17.6 Å². The van der Waals surface area contributed by atoms with E-state index >= 15 is 0 Å². The van der Waals surface area contributed by atoms with Crippen molar-refractivity contribution in [1.82, 2.24) is 0 Å². The molecular weight excluding hydrogens is 250 g/mol. The van der Waals surface area contributed by atoms with E-state index in [0.29, 0.717) is 23.5 Å². The molecule has 0 radical (unpaired) electrons. The largest absolute Gasteiger partial charge is 0.507 e. The molecule has 1 aromatic rings. The average Bonchev–Trinajstić information content (AvgIpc) is 2.44. The molecular formula is C17H19NO2. The Balaban J connectivity index is 1.56. The highest BCUT2D eigenvalue weighted by Crippen LogP contribution is 2.54. The first-order chi connectivity index (χ1) is 9.72. The van der Waals surface area contributed by atoms with Crippen molar-refractivity contribution in [2.45, 2.75) is 38.2 Å². The highest BCUT2D eigenvalue weighted by Gasteiger charge is 2.49. The van der Waals surface area contributed by atoms with Gasteiger partial charge in [-0.05, 0) is 67.9 Å². The van der Waals surface area contributed by atoms with Crippen LogP contribution in [0.3, 0.4) is 0 Å². The van der Waals surface area contributed by atoms with Crippen molar-refractivity contribution in [3.63, 3.8) is 0 Å². The first-order valence-corrected chi connectivity index (χ1v) is 7.62. The van der Waals surface area contributed by atoms with Gasteiger partial charge in [-0.2, -0.15) is 5.26 Å². The second kappa shape index (κ2) is 4.41. The number of rotatable bonds is 2. The van der Waals surface area contributed by atoms with Gasteiger partial charge < -0.3 is 9.84 Å². The van der Waals surface area contributed by atoms with Gasteiger partial charge in [0.15, 0.2) is 0 Å². The van der Waals surface area contributed by atoms with Crippen molar-refractivity contribution in [3.05, 3.63) is 23.8 Å². The molecule has 0 aliphatic heterocycles. The Bertz CT molecular complexity index is 547. The molecule has 104 valence electrons. The van der Waals surface area contributed by atoms with Gasteiger partial charge in [-0.1, -0.05) is 0 Å². The molecule has 4 aliphatic carbocycles. The number of ether oxygens (including phenoxy) is 1.